The van der Waals surface area contributed by atoms with E-state index in [4.69, 9.17) is 21.1 Å². The van der Waals surface area contributed by atoms with Gasteiger partial charge < -0.3 is 25.0 Å². The molecule has 2 N–H and O–H groups in total. The van der Waals surface area contributed by atoms with Crippen molar-refractivity contribution < 1.29 is 32.6 Å². The van der Waals surface area contributed by atoms with Crippen molar-refractivity contribution >= 4 is 47.0 Å². The maximum absolute atomic E-state index is 15.6. The lowest BCUT2D eigenvalue weighted by Crippen LogP contribution is -2.35. The van der Waals surface area contributed by atoms with Crippen LogP contribution in [0.25, 0.3) is 0 Å². The summed E-state index contributed by atoms with van der Waals surface area (Å²) in [4.78, 5) is 51.5. The predicted octanol–water partition coefficient (Wildman–Crippen LogP) is 8.52. The molecular weight excluding hydrogens is 752 g/mol. The molecule has 0 spiro atoms. The first-order valence-electron chi connectivity index (χ1n) is 18.4. The number of amides is 1. The summed E-state index contributed by atoms with van der Waals surface area (Å²) >= 11 is 6.77. The van der Waals surface area contributed by atoms with E-state index >= 15 is 4.39 Å². The number of piperidine rings is 1. The van der Waals surface area contributed by atoms with Crippen LogP contribution in [0.4, 0.5) is 20.3 Å². The van der Waals surface area contributed by atoms with Crippen LogP contribution < -0.4 is 15.4 Å². The average Bonchev–Trinajstić information content (AvgIpc) is 3.22. The number of benzene rings is 4. The summed E-state index contributed by atoms with van der Waals surface area (Å²) in [5, 5.41) is 6.08. The third-order valence-electron chi connectivity index (χ3n) is 9.87. The summed E-state index contributed by atoms with van der Waals surface area (Å²) in [6.45, 7) is 1.06. The number of ether oxygens (including phenoxy) is 2. The van der Waals surface area contributed by atoms with Crippen molar-refractivity contribution in [2.75, 3.05) is 37.4 Å². The Morgan fingerprint density at radius 2 is 1.56 bits per heavy atom. The minimum atomic E-state index is -1.01. The van der Waals surface area contributed by atoms with Crippen LogP contribution in [0, 0.1) is 17.6 Å². The van der Waals surface area contributed by atoms with Crippen LogP contribution in [-0.4, -0.2) is 60.5 Å². The van der Waals surface area contributed by atoms with Gasteiger partial charge in [-0.25, -0.2) is 13.8 Å². The van der Waals surface area contributed by atoms with Gasteiger partial charge in [-0.1, -0.05) is 84.4 Å². The largest absolute Gasteiger partial charge is 0.459 e. The van der Waals surface area contributed by atoms with Crippen molar-refractivity contribution in [3.05, 3.63) is 160 Å². The zero-order valence-electron chi connectivity index (χ0n) is 30.8. The molecule has 1 unspecified atom stereocenters. The predicted molar refractivity (Wildman–Crippen MR) is 214 cm³/mol. The number of carbonyl (C=O) groups is 3. The third-order valence-corrected chi connectivity index (χ3v) is 10.2. The Morgan fingerprint density at radius 3 is 2.21 bits per heavy atom. The minimum absolute atomic E-state index is 0.0115. The van der Waals surface area contributed by atoms with Gasteiger partial charge in [-0.2, -0.15) is 0 Å². The van der Waals surface area contributed by atoms with Gasteiger partial charge in [0.25, 0.3) is 5.91 Å². The number of nitrogens with zero attached hydrogens (tertiary/aromatic N) is 3. The van der Waals surface area contributed by atoms with E-state index in [0.717, 1.165) is 30.3 Å². The number of hydrogen-bond acceptors (Lipinski definition) is 9. The number of rotatable bonds is 12. The monoisotopic (exact) mass is 789 g/mol. The normalized spacial score (nSPS) is 16.1. The van der Waals surface area contributed by atoms with E-state index in [1.54, 1.807) is 0 Å². The van der Waals surface area contributed by atoms with Crippen molar-refractivity contribution in [2.24, 2.45) is 10.9 Å². The zero-order valence-corrected chi connectivity index (χ0v) is 31.6. The van der Waals surface area contributed by atoms with E-state index in [0.29, 0.717) is 24.2 Å². The summed E-state index contributed by atoms with van der Waals surface area (Å²) < 4.78 is 40.8. The Balaban J connectivity index is 1.09. The van der Waals surface area contributed by atoms with Crippen LogP contribution in [0.1, 0.15) is 41.5 Å². The van der Waals surface area contributed by atoms with E-state index in [9.17, 15) is 18.8 Å². The van der Waals surface area contributed by atoms with E-state index in [-0.39, 0.29) is 45.4 Å². The van der Waals surface area contributed by atoms with Gasteiger partial charge in [-0.05, 0) is 73.9 Å². The second-order valence-electron chi connectivity index (χ2n) is 13.8. The number of likely N-dealkylation sites (tertiary alicyclic amines) is 1. The fourth-order valence-electron chi connectivity index (χ4n) is 6.72. The molecule has 13 heteroatoms. The molecular formula is C44H38ClF2N5O5. The second kappa shape index (κ2) is 17.7. The molecule has 57 heavy (non-hydrogen) atoms. The summed E-state index contributed by atoms with van der Waals surface area (Å²) in [5.41, 5.74) is 1.95. The molecule has 1 amide bonds. The molecule has 2 aliphatic rings. The Bertz CT molecular complexity index is 2280. The van der Waals surface area contributed by atoms with Crippen LogP contribution in [-0.2, 0) is 19.1 Å². The molecule has 0 aliphatic carbocycles. The molecule has 3 heterocycles. The maximum atomic E-state index is 15.6. The van der Waals surface area contributed by atoms with E-state index < -0.39 is 41.8 Å². The lowest BCUT2D eigenvalue weighted by Gasteiger charge is -2.27. The topological polar surface area (TPSA) is 122 Å². The first-order valence-corrected chi connectivity index (χ1v) is 18.7. The highest BCUT2D eigenvalue weighted by Gasteiger charge is 2.34. The molecule has 4 aromatic carbocycles. The number of aromatic nitrogens is 1. The number of pyridine rings is 1. The highest BCUT2D eigenvalue weighted by molar-refractivity contribution is 6.34. The van der Waals surface area contributed by atoms with Crippen LogP contribution in [0.2, 0.25) is 5.02 Å². The van der Waals surface area contributed by atoms with Crippen molar-refractivity contribution in [1.29, 1.82) is 0 Å². The quantitative estimate of drug-likeness (QED) is 0.0954. The molecule has 0 bridgehead atoms. The van der Waals surface area contributed by atoms with E-state index in [1.165, 1.54) is 54.9 Å². The zero-order chi connectivity index (χ0) is 39.9. The molecule has 1 atom stereocenters. The minimum Gasteiger partial charge on any atom is -0.459 e. The Labute approximate surface area is 333 Å². The number of halogens is 3. The number of ketones is 1. The summed E-state index contributed by atoms with van der Waals surface area (Å²) in [6.07, 6.45) is 4.07. The van der Waals surface area contributed by atoms with Crippen molar-refractivity contribution in [2.45, 2.75) is 24.8 Å². The molecule has 290 valence electrons. The molecule has 2 aliphatic heterocycles. The van der Waals surface area contributed by atoms with Gasteiger partial charge in [0.05, 0.1) is 23.6 Å². The fraction of sp³-hybridized carbons (Fsp3) is 0.205. The molecule has 7 rings (SSSR count). The van der Waals surface area contributed by atoms with Gasteiger partial charge >= 0.3 is 5.97 Å². The summed E-state index contributed by atoms with van der Waals surface area (Å²) in [6, 6.07) is 29.8. The maximum Gasteiger partial charge on any atom is 0.309 e. The first-order chi connectivity index (χ1) is 27.6. The van der Waals surface area contributed by atoms with Gasteiger partial charge in [0.1, 0.15) is 28.8 Å². The second-order valence-corrected chi connectivity index (χ2v) is 14.1. The van der Waals surface area contributed by atoms with Crippen LogP contribution in [0.15, 0.2) is 132 Å². The Hall–Kier alpha value is -6.24. The first kappa shape index (κ1) is 39.0. The molecule has 5 aromatic rings. The van der Waals surface area contributed by atoms with Crippen molar-refractivity contribution in [3.8, 4) is 11.5 Å². The smallest absolute Gasteiger partial charge is 0.309 e. The molecule has 10 nitrogen and oxygen atoms in total. The number of aliphatic imine (C=N–C) groups is 1. The standard InChI is InChI=1S/C44H38ClF2N5O5/c1-52-22-19-30(20-23-52)44(55)56-26-35-38(41(53)33(25-49-35)27-12-14-31(46)15-13-27)43(54)50-32-16-17-36(34(47)24-32)57-37-18-21-48-42(39(37)45)51-40(28-8-4-2-5-9-28)29-10-6-3-7-11-29/h2-18,21,24-25,30,33,40H,19-20,22-23,26H2,1H3,(H,48,51)(H,50,54). The fourth-order valence-corrected chi connectivity index (χ4v) is 6.93. The van der Waals surface area contributed by atoms with Crippen LogP contribution in [0.3, 0.4) is 0 Å². The van der Waals surface area contributed by atoms with Gasteiger partial charge in [0.15, 0.2) is 23.1 Å². The number of carbonyl (C=O) groups excluding carboxylic acids is 3. The molecule has 0 saturated carbocycles. The highest BCUT2D eigenvalue weighted by Crippen LogP contribution is 2.38. The van der Waals surface area contributed by atoms with Crippen molar-refractivity contribution in [1.82, 2.24) is 9.88 Å². The van der Waals surface area contributed by atoms with E-state index in [1.807, 2.05) is 67.7 Å². The lowest BCUT2D eigenvalue weighted by atomic mass is 9.88. The number of esters is 1. The number of Topliss-reactive ketones (excluding diaryl/α,β-unsaturated/α-hetero) is 1. The Kier molecular flexibility index (Phi) is 12.1. The van der Waals surface area contributed by atoms with Gasteiger partial charge in [-0.15, -0.1) is 0 Å². The average molecular weight is 790 g/mol. The lowest BCUT2D eigenvalue weighted by molar-refractivity contribution is -0.149. The van der Waals surface area contributed by atoms with Crippen molar-refractivity contribution in [3.63, 3.8) is 0 Å². The van der Waals surface area contributed by atoms with Crippen LogP contribution >= 0.6 is 11.6 Å². The number of anilines is 2. The van der Waals surface area contributed by atoms with Gasteiger partial charge in [0.2, 0.25) is 0 Å². The van der Waals surface area contributed by atoms with Crippen LogP contribution in [0.5, 0.6) is 11.5 Å². The molecule has 0 radical (unpaired) electrons. The third kappa shape index (κ3) is 9.25. The summed E-state index contributed by atoms with van der Waals surface area (Å²) in [5.74, 6) is -4.36. The SMILES string of the molecule is CN1CCC(C(=O)OCC2=C(C(=O)Nc3ccc(Oc4ccnc(NC(c5ccccc5)c5ccccc5)c4Cl)c(F)c3)C(=O)C(c3ccc(F)cc3)C=N2)CC1. The van der Waals surface area contributed by atoms with E-state index in [2.05, 4.69) is 25.5 Å². The summed E-state index contributed by atoms with van der Waals surface area (Å²) in [7, 11) is 1.97. The number of hydrogen-bond donors (Lipinski definition) is 2. The van der Waals surface area contributed by atoms with Gasteiger partial charge in [-0.3, -0.25) is 19.4 Å². The Morgan fingerprint density at radius 1 is 0.895 bits per heavy atom. The number of nitrogens with one attached hydrogen (secondary N) is 2. The van der Waals surface area contributed by atoms with Gasteiger partial charge in [0, 0.05) is 30.2 Å². The molecule has 1 fully saturated rings. The molecule has 1 aromatic heterocycles. The highest BCUT2D eigenvalue weighted by atomic mass is 35.5. The molecule has 1 saturated heterocycles.